The van der Waals surface area contributed by atoms with Crippen LogP contribution in [-0.4, -0.2) is 35.4 Å². The van der Waals surface area contributed by atoms with Gasteiger partial charge in [-0.3, -0.25) is 9.59 Å². The Morgan fingerprint density at radius 3 is 2.25 bits per heavy atom. The molecule has 1 amide bonds. The Hall–Kier alpha value is -2.37. The van der Waals surface area contributed by atoms with E-state index in [9.17, 15) is 14.4 Å². The summed E-state index contributed by atoms with van der Waals surface area (Å²) >= 11 is 0. The van der Waals surface area contributed by atoms with Crippen LogP contribution in [0.1, 0.15) is 50.4 Å². The number of hydrogen-bond acceptors (Lipinski definition) is 4. The molecule has 0 saturated heterocycles. The fourth-order valence-corrected chi connectivity index (χ4v) is 2.20. The number of Topliss-reactive ketones (excluding diaryl/α,β-unsaturated/α-hetero) is 1. The largest absolute Gasteiger partial charge is 0.494 e. The molecule has 6 nitrogen and oxygen atoms in total. The first-order valence-electron chi connectivity index (χ1n) is 8.17. The molecule has 0 heterocycles. The number of aliphatic carboxylic acids is 1. The SMILES string of the molecule is CCOc1ccc(C(=O)CCC(=O)N[C@H](C(=O)O)[C@@H](C)CC)cc1. The molecular formula is C18H25NO5. The summed E-state index contributed by atoms with van der Waals surface area (Å²) in [5, 5.41) is 11.6. The Labute approximate surface area is 142 Å². The van der Waals surface area contributed by atoms with Gasteiger partial charge in [0, 0.05) is 18.4 Å². The molecule has 0 aromatic heterocycles. The van der Waals surface area contributed by atoms with Crippen molar-refractivity contribution in [1.29, 1.82) is 0 Å². The van der Waals surface area contributed by atoms with Crippen LogP contribution in [0.25, 0.3) is 0 Å². The highest BCUT2D eigenvalue weighted by Gasteiger charge is 2.25. The van der Waals surface area contributed by atoms with Crippen LogP contribution in [0.5, 0.6) is 5.75 Å². The van der Waals surface area contributed by atoms with E-state index in [1.54, 1.807) is 31.2 Å². The minimum atomic E-state index is -1.06. The lowest BCUT2D eigenvalue weighted by Crippen LogP contribution is -2.45. The van der Waals surface area contributed by atoms with Gasteiger partial charge in [0.2, 0.25) is 5.91 Å². The quantitative estimate of drug-likeness (QED) is 0.641. The van der Waals surface area contributed by atoms with E-state index in [2.05, 4.69) is 5.32 Å². The van der Waals surface area contributed by atoms with Gasteiger partial charge >= 0.3 is 5.97 Å². The minimum Gasteiger partial charge on any atom is -0.494 e. The van der Waals surface area contributed by atoms with Gasteiger partial charge in [-0.25, -0.2) is 4.79 Å². The Morgan fingerprint density at radius 2 is 1.75 bits per heavy atom. The second-order valence-electron chi connectivity index (χ2n) is 5.65. The van der Waals surface area contributed by atoms with E-state index in [-0.39, 0.29) is 24.5 Å². The molecule has 0 aliphatic rings. The first kappa shape index (κ1) is 19.7. The smallest absolute Gasteiger partial charge is 0.326 e. The van der Waals surface area contributed by atoms with Gasteiger partial charge in [0.05, 0.1) is 6.61 Å². The zero-order valence-corrected chi connectivity index (χ0v) is 14.4. The zero-order valence-electron chi connectivity index (χ0n) is 14.4. The molecule has 6 heteroatoms. The number of carboxylic acid groups (broad SMARTS) is 1. The maximum absolute atomic E-state index is 12.1. The number of ketones is 1. The van der Waals surface area contributed by atoms with E-state index < -0.39 is 17.9 Å². The average Bonchev–Trinajstić information content (AvgIpc) is 2.57. The van der Waals surface area contributed by atoms with Crippen LogP contribution in [0.15, 0.2) is 24.3 Å². The fraction of sp³-hybridized carbons (Fsp3) is 0.500. The number of carbonyl (C=O) groups excluding carboxylic acids is 2. The number of carbonyl (C=O) groups is 3. The van der Waals surface area contributed by atoms with Crippen LogP contribution in [0.3, 0.4) is 0 Å². The molecule has 132 valence electrons. The van der Waals surface area contributed by atoms with Gasteiger partial charge in [-0.1, -0.05) is 20.3 Å². The van der Waals surface area contributed by atoms with Crippen LogP contribution < -0.4 is 10.1 Å². The normalized spacial score (nSPS) is 13.0. The second kappa shape index (κ2) is 9.70. The first-order valence-corrected chi connectivity index (χ1v) is 8.17. The number of ether oxygens (including phenoxy) is 1. The predicted molar refractivity (Wildman–Crippen MR) is 90.2 cm³/mol. The number of nitrogens with one attached hydrogen (secondary N) is 1. The van der Waals surface area contributed by atoms with Crippen LogP contribution in [0.2, 0.25) is 0 Å². The summed E-state index contributed by atoms with van der Waals surface area (Å²) < 4.78 is 5.31. The topological polar surface area (TPSA) is 92.7 Å². The third-order valence-corrected chi connectivity index (χ3v) is 3.86. The van der Waals surface area contributed by atoms with Crippen LogP contribution >= 0.6 is 0 Å². The average molecular weight is 335 g/mol. The summed E-state index contributed by atoms with van der Waals surface area (Å²) in [6, 6.07) is 5.80. The minimum absolute atomic E-state index is 0.0344. The van der Waals surface area contributed by atoms with Crippen molar-refractivity contribution in [2.75, 3.05) is 6.61 Å². The van der Waals surface area contributed by atoms with Crippen molar-refractivity contribution in [2.45, 2.75) is 46.1 Å². The summed E-state index contributed by atoms with van der Waals surface area (Å²) in [7, 11) is 0. The lowest BCUT2D eigenvalue weighted by atomic mass is 9.99. The molecule has 0 bridgehead atoms. The first-order chi connectivity index (χ1) is 11.4. The number of amides is 1. The van der Waals surface area contributed by atoms with Crippen molar-refractivity contribution < 1.29 is 24.2 Å². The Kier molecular flexibility index (Phi) is 7.95. The fourth-order valence-electron chi connectivity index (χ4n) is 2.20. The molecular weight excluding hydrogens is 310 g/mol. The van der Waals surface area contributed by atoms with E-state index in [0.29, 0.717) is 24.3 Å². The summed E-state index contributed by atoms with van der Waals surface area (Å²) in [5.74, 6) is -1.14. The van der Waals surface area contributed by atoms with Gasteiger partial charge < -0.3 is 15.2 Å². The molecule has 2 N–H and O–H groups in total. The lowest BCUT2D eigenvalue weighted by Gasteiger charge is -2.20. The van der Waals surface area contributed by atoms with Crippen molar-refractivity contribution in [1.82, 2.24) is 5.32 Å². The highest BCUT2D eigenvalue weighted by Crippen LogP contribution is 2.14. The van der Waals surface area contributed by atoms with Crippen molar-refractivity contribution in [3.8, 4) is 5.75 Å². The number of benzene rings is 1. The van der Waals surface area contributed by atoms with Crippen LogP contribution in [-0.2, 0) is 9.59 Å². The third-order valence-electron chi connectivity index (χ3n) is 3.86. The molecule has 1 aromatic rings. The molecule has 24 heavy (non-hydrogen) atoms. The monoisotopic (exact) mass is 335 g/mol. The molecule has 1 rings (SSSR count). The summed E-state index contributed by atoms with van der Waals surface area (Å²) in [4.78, 5) is 35.2. The Bertz CT molecular complexity index is 567. The second-order valence-corrected chi connectivity index (χ2v) is 5.65. The molecule has 2 atom stereocenters. The van der Waals surface area contributed by atoms with Crippen molar-refractivity contribution in [2.24, 2.45) is 5.92 Å². The maximum Gasteiger partial charge on any atom is 0.326 e. The molecule has 0 spiro atoms. The predicted octanol–water partition coefficient (Wildman–Crippen LogP) is 2.66. The van der Waals surface area contributed by atoms with E-state index in [0.717, 1.165) is 0 Å². The number of hydrogen-bond donors (Lipinski definition) is 2. The van der Waals surface area contributed by atoms with E-state index in [1.165, 1.54) is 0 Å². The van der Waals surface area contributed by atoms with Gasteiger partial charge in [0.15, 0.2) is 5.78 Å². The molecule has 0 unspecified atom stereocenters. The van der Waals surface area contributed by atoms with Crippen molar-refractivity contribution in [3.05, 3.63) is 29.8 Å². The summed E-state index contributed by atoms with van der Waals surface area (Å²) in [6.45, 7) is 6.06. The highest BCUT2D eigenvalue weighted by atomic mass is 16.5. The molecule has 0 saturated carbocycles. The number of carboxylic acids is 1. The third kappa shape index (κ3) is 6.02. The van der Waals surface area contributed by atoms with Gasteiger partial charge in [-0.2, -0.15) is 0 Å². The molecule has 0 fully saturated rings. The van der Waals surface area contributed by atoms with Gasteiger partial charge in [-0.15, -0.1) is 0 Å². The molecule has 0 aliphatic heterocycles. The molecule has 0 aliphatic carbocycles. The molecule has 1 aromatic carbocycles. The van der Waals surface area contributed by atoms with Gasteiger partial charge in [0.1, 0.15) is 11.8 Å². The Morgan fingerprint density at radius 1 is 1.12 bits per heavy atom. The highest BCUT2D eigenvalue weighted by molar-refractivity contribution is 5.98. The summed E-state index contributed by atoms with van der Waals surface area (Å²) in [5.41, 5.74) is 0.503. The van der Waals surface area contributed by atoms with Crippen LogP contribution in [0, 0.1) is 5.92 Å². The van der Waals surface area contributed by atoms with E-state index >= 15 is 0 Å². The zero-order chi connectivity index (χ0) is 18.1. The molecule has 0 radical (unpaired) electrons. The van der Waals surface area contributed by atoms with Crippen molar-refractivity contribution >= 4 is 17.7 Å². The number of rotatable bonds is 10. The lowest BCUT2D eigenvalue weighted by molar-refractivity contribution is -0.143. The summed E-state index contributed by atoms with van der Waals surface area (Å²) in [6.07, 6.45) is 0.640. The maximum atomic E-state index is 12.1. The Balaban J connectivity index is 2.53. The van der Waals surface area contributed by atoms with Crippen molar-refractivity contribution in [3.63, 3.8) is 0 Å². The standard InChI is InChI=1S/C18H25NO5/c1-4-12(3)17(18(22)23)19-16(21)11-10-15(20)13-6-8-14(9-7-13)24-5-2/h6-9,12,17H,4-5,10-11H2,1-3H3,(H,19,21)(H,22,23)/t12-,17-/m0/s1. The van der Waals surface area contributed by atoms with Crippen LogP contribution in [0.4, 0.5) is 0 Å². The van der Waals surface area contributed by atoms with Gasteiger partial charge in [-0.05, 0) is 37.1 Å². The van der Waals surface area contributed by atoms with Gasteiger partial charge in [0.25, 0.3) is 0 Å². The van der Waals surface area contributed by atoms with E-state index in [4.69, 9.17) is 9.84 Å². The van der Waals surface area contributed by atoms with E-state index in [1.807, 2.05) is 13.8 Å².